The quantitative estimate of drug-likeness (QED) is 0.292. The number of carbonyl (C=O) groups is 3. The van der Waals surface area contributed by atoms with Crippen LogP contribution < -0.4 is 16.1 Å². The van der Waals surface area contributed by atoms with Gasteiger partial charge in [-0.05, 0) is 48.9 Å². The Labute approximate surface area is 187 Å². The number of halogens is 1. The van der Waals surface area contributed by atoms with Crippen LogP contribution in [0.1, 0.15) is 21.5 Å². The molecule has 3 aromatic rings. The third kappa shape index (κ3) is 6.35. The molecule has 3 rings (SSSR count). The second kappa shape index (κ2) is 10.3. The first-order valence-electron chi connectivity index (χ1n) is 9.29. The molecular weight excluding hydrogens is 460 g/mol. The number of hydrogen-bond donors (Lipinski definition) is 3. The molecule has 3 aromatic carbocycles. The number of rotatable bonds is 5. The van der Waals surface area contributed by atoms with E-state index in [1.807, 2.05) is 31.2 Å². The molecular formula is C23H19BrN4O3. The topological polar surface area (TPSA) is 99.7 Å². The summed E-state index contributed by atoms with van der Waals surface area (Å²) >= 11 is 3.33. The number of nitrogens with zero attached hydrogens (tertiary/aromatic N) is 1. The van der Waals surface area contributed by atoms with Crippen molar-refractivity contribution in [3.63, 3.8) is 0 Å². The van der Waals surface area contributed by atoms with Crippen molar-refractivity contribution in [1.82, 2.24) is 5.43 Å². The fourth-order valence-electron chi connectivity index (χ4n) is 2.57. The second-order valence-corrected chi connectivity index (χ2v) is 7.49. The van der Waals surface area contributed by atoms with Crippen molar-refractivity contribution in [1.29, 1.82) is 0 Å². The van der Waals surface area contributed by atoms with Crippen molar-refractivity contribution in [3.8, 4) is 0 Å². The molecule has 8 heteroatoms. The monoisotopic (exact) mass is 478 g/mol. The molecule has 0 aromatic heterocycles. The van der Waals surface area contributed by atoms with Gasteiger partial charge in [0.25, 0.3) is 5.91 Å². The minimum absolute atomic E-state index is 0.208. The van der Waals surface area contributed by atoms with Gasteiger partial charge in [-0.3, -0.25) is 14.4 Å². The first kappa shape index (κ1) is 21.9. The van der Waals surface area contributed by atoms with E-state index in [4.69, 9.17) is 0 Å². The molecule has 0 aliphatic heterocycles. The minimum atomic E-state index is -0.952. The van der Waals surface area contributed by atoms with Crippen molar-refractivity contribution in [2.75, 3.05) is 10.6 Å². The first-order chi connectivity index (χ1) is 14.9. The molecule has 0 bridgehead atoms. The average Bonchev–Trinajstić information content (AvgIpc) is 2.77. The summed E-state index contributed by atoms with van der Waals surface area (Å²) in [6.07, 6.45) is 1.43. The van der Waals surface area contributed by atoms with E-state index in [-0.39, 0.29) is 11.3 Å². The highest BCUT2D eigenvalue weighted by atomic mass is 79.9. The Morgan fingerprint density at radius 3 is 2.23 bits per heavy atom. The van der Waals surface area contributed by atoms with Gasteiger partial charge in [0.1, 0.15) is 0 Å². The van der Waals surface area contributed by atoms with Crippen molar-refractivity contribution in [3.05, 3.63) is 94.0 Å². The number of hydrazone groups is 1. The largest absolute Gasteiger partial charge is 0.329 e. The smallest absolute Gasteiger partial charge is 0.322 e. The molecule has 0 aliphatic carbocycles. The van der Waals surface area contributed by atoms with Gasteiger partial charge < -0.3 is 10.6 Å². The summed E-state index contributed by atoms with van der Waals surface area (Å²) in [7, 11) is 0. The number of nitrogens with one attached hydrogen (secondary N) is 3. The molecule has 0 aliphatic rings. The lowest BCUT2D eigenvalue weighted by Gasteiger charge is -2.11. The maximum atomic E-state index is 12.6. The molecule has 0 unspecified atom stereocenters. The van der Waals surface area contributed by atoms with Crippen molar-refractivity contribution in [2.45, 2.75) is 6.92 Å². The van der Waals surface area contributed by atoms with Crippen LogP contribution in [-0.2, 0) is 9.59 Å². The highest BCUT2D eigenvalue weighted by Crippen LogP contribution is 2.19. The Hall–Kier alpha value is -3.78. The molecule has 7 nitrogen and oxygen atoms in total. The zero-order valence-corrected chi connectivity index (χ0v) is 18.1. The van der Waals surface area contributed by atoms with E-state index in [0.29, 0.717) is 5.69 Å². The van der Waals surface area contributed by atoms with Crippen LogP contribution in [0.4, 0.5) is 11.4 Å². The van der Waals surface area contributed by atoms with Crippen LogP contribution >= 0.6 is 15.9 Å². The summed E-state index contributed by atoms with van der Waals surface area (Å²) in [6, 6.07) is 21.0. The van der Waals surface area contributed by atoms with E-state index >= 15 is 0 Å². The lowest BCUT2D eigenvalue weighted by molar-refractivity contribution is -0.136. The molecule has 0 saturated heterocycles. The molecule has 0 saturated carbocycles. The Bertz CT molecular complexity index is 1130. The number of benzene rings is 3. The summed E-state index contributed by atoms with van der Waals surface area (Å²) in [5, 5.41) is 8.98. The Balaban J connectivity index is 1.63. The van der Waals surface area contributed by atoms with Gasteiger partial charge in [-0.25, -0.2) is 5.43 Å². The van der Waals surface area contributed by atoms with Crippen LogP contribution in [0.15, 0.2) is 82.4 Å². The van der Waals surface area contributed by atoms with E-state index in [1.54, 1.807) is 42.5 Å². The molecule has 0 heterocycles. The SMILES string of the molecule is Cc1ccc(/C=N/NC(=O)C(=O)Nc2ccccc2C(=O)Nc2ccc(Br)cc2)cc1. The lowest BCUT2D eigenvalue weighted by atomic mass is 10.1. The van der Waals surface area contributed by atoms with Crippen LogP contribution in [0.3, 0.4) is 0 Å². The molecule has 3 N–H and O–H groups in total. The summed E-state index contributed by atoms with van der Waals surface area (Å²) < 4.78 is 0.884. The van der Waals surface area contributed by atoms with Gasteiger partial charge in [0.15, 0.2) is 0 Å². The minimum Gasteiger partial charge on any atom is -0.322 e. The maximum Gasteiger partial charge on any atom is 0.329 e. The van der Waals surface area contributed by atoms with Gasteiger partial charge in [0.2, 0.25) is 0 Å². The summed E-state index contributed by atoms with van der Waals surface area (Å²) in [6.45, 7) is 1.96. The number of aryl methyl sites for hydroxylation is 1. The highest BCUT2D eigenvalue weighted by Gasteiger charge is 2.17. The van der Waals surface area contributed by atoms with E-state index in [2.05, 4.69) is 37.1 Å². The van der Waals surface area contributed by atoms with Crippen LogP contribution in [0.5, 0.6) is 0 Å². The normalized spacial score (nSPS) is 10.5. The predicted molar refractivity (Wildman–Crippen MR) is 124 cm³/mol. The molecule has 0 spiro atoms. The third-order valence-electron chi connectivity index (χ3n) is 4.19. The number of amides is 3. The molecule has 0 radical (unpaired) electrons. The number of hydrogen-bond acceptors (Lipinski definition) is 4. The van der Waals surface area contributed by atoms with Crippen LogP contribution in [0.2, 0.25) is 0 Å². The third-order valence-corrected chi connectivity index (χ3v) is 4.71. The van der Waals surface area contributed by atoms with Crippen molar-refractivity contribution in [2.24, 2.45) is 5.10 Å². The van der Waals surface area contributed by atoms with Gasteiger partial charge in [-0.2, -0.15) is 5.10 Å². The molecule has 31 heavy (non-hydrogen) atoms. The van der Waals surface area contributed by atoms with Gasteiger partial charge in [0, 0.05) is 10.2 Å². The molecule has 156 valence electrons. The van der Waals surface area contributed by atoms with Crippen LogP contribution in [0, 0.1) is 6.92 Å². The highest BCUT2D eigenvalue weighted by molar-refractivity contribution is 9.10. The average molecular weight is 479 g/mol. The Kier molecular flexibility index (Phi) is 7.29. The summed E-state index contributed by atoms with van der Waals surface area (Å²) in [5.41, 5.74) is 5.07. The Morgan fingerprint density at radius 2 is 1.52 bits per heavy atom. The van der Waals surface area contributed by atoms with Crippen molar-refractivity contribution >= 4 is 51.2 Å². The number of para-hydroxylation sites is 1. The van der Waals surface area contributed by atoms with E-state index < -0.39 is 17.7 Å². The molecule has 0 atom stereocenters. The maximum absolute atomic E-state index is 12.6. The first-order valence-corrected chi connectivity index (χ1v) is 10.1. The van der Waals surface area contributed by atoms with E-state index in [9.17, 15) is 14.4 Å². The van der Waals surface area contributed by atoms with Gasteiger partial charge in [-0.15, -0.1) is 0 Å². The fourth-order valence-corrected chi connectivity index (χ4v) is 2.83. The standard InChI is InChI=1S/C23H19BrN4O3/c1-15-6-8-16(9-7-15)14-25-28-23(31)22(30)27-20-5-3-2-4-19(20)21(29)26-18-12-10-17(24)11-13-18/h2-14H,1H3,(H,26,29)(H,27,30)(H,28,31)/b25-14+. The molecule has 3 amide bonds. The number of anilines is 2. The molecule has 0 fully saturated rings. The van der Waals surface area contributed by atoms with E-state index in [0.717, 1.165) is 15.6 Å². The van der Waals surface area contributed by atoms with Gasteiger partial charge in [-0.1, -0.05) is 57.9 Å². The summed E-state index contributed by atoms with van der Waals surface area (Å²) in [5.74, 6) is -2.31. The van der Waals surface area contributed by atoms with E-state index in [1.165, 1.54) is 12.3 Å². The van der Waals surface area contributed by atoms with Crippen molar-refractivity contribution < 1.29 is 14.4 Å². The predicted octanol–water partition coefficient (Wildman–Crippen LogP) is 4.10. The Morgan fingerprint density at radius 1 is 0.839 bits per heavy atom. The zero-order valence-electron chi connectivity index (χ0n) is 16.6. The van der Waals surface area contributed by atoms with Gasteiger partial charge in [0.05, 0.1) is 17.5 Å². The van der Waals surface area contributed by atoms with Crippen LogP contribution in [0.25, 0.3) is 0 Å². The zero-order chi connectivity index (χ0) is 22.2. The number of carbonyl (C=O) groups excluding carboxylic acids is 3. The lowest BCUT2D eigenvalue weighted by Crippen LogP contribution is -2.33. The van der Waals surface area contributed by atoms with Gasteiger partial charge >= 0.3 is 11.8 Å². The van der Waals surface area contributed by atoms with Crippen LogP contribution in [-0.4, -0.2) is 23.9 Å². The summed E-state index contributed by atoms with van der Waals surface area (Å²) in [4.78, 5) is 36.9. The second-order valence-electron chi connectivity index (χ2n) is 6.57. The fraction of sp³-hybridized carbons (Fsp3) is 0.0435.